The highest BCUT2D eigenvalue weighted by atomic mass is 32.1. The minimum Gasteiger partial charge on any atom is -0.465 e. The van der Waals surface area contributed by atoms with Crippen LogP contribution in [-0.2, 0) is 33.0 Å². The molecule has 8 heteroatoms. The second kappa shape index (κ2) is 8.28. The smallest absolute Gasteiger partial charge is 0.272 e. The van der Waals surface area contributed by atoms with E-state index in [1.54, 1.807) is 11.3 Å². The van der Waals surface area contributed by atoms with E-state index in [0.29, 0.717) is 18.3 Å². The molecule has 1 atom stereocenters. The summed E-state index contributed by atoms with van der Waals surface area (Å²) in [6.07, 6.45) is 2.71. The molecule has 0 fully saturated rings. The van der Waals surface area contributed by atoms with Crippen LogP contribution in [0.2, 0.25) is 0 Å². The normalized spacial score (nSPS) is 15.9. The van der Waals surface area contributed by atoms with Crippen LogP contribution in [0.1, 0.15) is 44.7 Å². The number of nitrogens with zero attached hydrogens (tertiary/aromatic N) is 3. The van der Waals surface area contributed by atoms with Crippen molar-refractivity contribution in [1.29, 1.82) is 0 Å². The van der Waals surface area contributed by atoms with E-state index >= 15 is 0 Å². The van der Waals surface area contributed by atoms with Crippen LogP contribution in [0.25, 0.3) is 10.2 Å². The van der Waals surface area contributed by atoms with E-state index in [2.05, 4.69) is 21.8 Å². The number of thiazole rings is 1. The van der Waals surface area contributed by atoms with Gasteiger partial charge in [-0.3, -0.25) is 9.48 Å². The third-order valence-electron chi connectivity index (χ3n) is 5.77. The lowest BCUT2D eigenvalue weighted by Gasteiger charge is -2.23. The molecule has 1 unspecified atom stereocenters. The van der Waals surface area contributed by atoms with E-state index in [0.717, 1.165) is 59.1 Å². The molecule has 0 saturated heterocycles. The quantitative estimate of drug-likeness (QED) is 0.484. The Morgan fingerprint density at radius 1 is 1.26 bits per heavy atom. The number of carbonyl (C=O) groups is 1. The van der Waals surface area contributed by atoms with Gasteiger partial charge in [0.1, 0.15) is 16.5 Å². The van der Waals surface area contributed by atoms with Crippen LogP contribution in [0.3, 0.4) is 0 Å². The highest BCUT2D eigenvalue weighted by Crippen LogP contribution is 2.26. The minimum absolute atomic E-state index is 0.155. The summed E-state index contributed by atoms with van der Waals surface area (Å²) in [6.45, 7) is 2.98. The zero-order valence-corrected chi connectivity index (χ0v) is 18.5. The molecule has 2 N–H and O–H groups in total. The first-order chi connectivity index (χ1) is 15.1. The molecule has 7 nitrogen and oxygen atoms in total. The predicted molar refractivity (Wildman–Crippen MR) is 120 cm³/mol. The van der Waals surface area contributed by atoms with E-state index in [1.165, 1.54) is 4.70 Å². The van der Waals surface area contributed by atoms with E-state index in [9.17, 15) is 4.79 Å². The molecule has 31 heavy (non-hydrogen) atoms. The van der Waals surface area contributed by atoms with Crippen LogP contribution >= 0.6 is 11.3 Å². The maximum absolute atomic E-state index is 12.8. The number of nitrogens with one attached hydrogen (secondary N) is 2. The summed E-state index contributed by atoms with van der Waals surface area (Å²) in [5, 5.41) is 12.2. The van der Waals surface area contributed by atoms with Gasteiger partial charge in [-0.25, -0.2) is 4.98 Å². The lowest BCUT2D eigenvalue weighted by molar-refractivity contribution is 0.0941. The second-order valence-corrected chi connectivity index (χ2v) is 9.10. The molecule has 1 aliphatic carbocycles. The standard InChI is InChI=1S/C23H25N5O2S/c1-14-7-9-16(30-14)12-25-23(29)22-17-11-15(8-10-19(17)28(2)27-22)24-13-21-26-18-5-3-4-6-20(18)31-21/h3-7,9,15,24H,8,10-13H2,1-2H3,(H,25,29). The fraction of sp³-hybridized carbons (Fsp3) is 0.348. The Morgan fingerprint density at radius 2 is 2.13 bits per heavy atom. The zero-order chi connectivity index (χ0) is 21.4. The fourth-order valence-corrected chi connectivity index (χ4v) is 5.12. The lowest BCUT2D eigenvalue weighted by atomic mass is 9.91. The molecule has 0 radical (unpaired) electrons. The van der Waals surface area contributed by atoms with Crippen molar-refractivity contribution in [3.05, 3.63) is 69.9 Å². The molecule has 3 heterocycles. The first kappa shape index (κ1) is 20.0. The lowest BCUT2D eigenvalue weighted by Crippen LogP contribution is -2.35. The van der Waals surface area contributed by atoms with Crippen molar-refractivity contribution in [1.82, 2.24) is 25.4 Å². The average molecular weight is 436 g/mol. The number of para-hydroxylation sites is 1. The van der Waals surface area contributed by atoms with Crippen LogP contribution in [0.15, 0.2) is 40.8 Å². The van der Waals surface area contributed by atoms with Crippen LogP contribution in [0.4, 0.5) is 0 Å². The highest BCUT2D eigenvalue weighted by Gasteiger charge is 2.28. The minimum atomic E-state index is -0.155. The Balaban J connectivity index is 1.25. The van der Waals surface area contributed by atoms with Crippen LogP contribution in [0.5, 0.6) is 0 Å². The fourth-order valence-electron chi connectivity index (χ4n) is 4.20. The van der Waals surface area contributed by atoms with Crippen molar-refractivity contribution in [3.8, 4) is 0 Å². The number of hydrogen-bond acceptors (Lipinski definition) is 6. The summed E-state index contributed by atoms with van der Waals surface area (Å²) in [6, 6.07) is 12.3. The summed E-state index contributed by atoms with van der Waals surface area (Å²) in [5.74, 6) is 1.42. The number of aromatic nitrogens is 3. The molecule has 160 valence electrons. The van der Waals surface area contributed by atoms with Crippen molar-refractivity contribution in [2.75, 3.05) is 0 Å². The summed E-state index contributed by atoms with van der Waals surface area (Å²) in [4.78, 5) is 17.6. The maximum Gasteiger partial charge on any atom is 0.272 e. The van der Waals surface area contributed by atoms with Gasteiger partial charge in [0.2, 0.25) is 0 Å². The molecule has 0 saturated carbocycles. The molecule has 0 spiro atoms. The van der Waals surface area contributed by atoms with Gasteiger partial charge in [-0.2, -0.15) is 5.10 Å². The Kier molecular flexibility index (Phi) is 5.33. The van der Waals surface area contributed by atoms with Gasteiger partial charge in [0, 0.05) is 30.9 Å². The van der Waals surface area contributed by atoms with Gasteiger partial charge < -0.3 is 15.1 Å². The summed E-state index contributed by atoms with van der Waals surface area (Å²) >= 11 is 1.73. The van der Waals surface area contributed by atoms with Crippen molar-refractivity contribution < 1.29 is 9.21 Å². The van der Waals surface area contributed by atoms with Crippen molar-refractivity contribution >= 4 is 27.5 Å². The first-order valence-corrected chi connectivity index (χ1v) is 11.3. The van der Waals surface area contributed by atoms with Crippen molar-refractivity contribution in [2.24, 2.45) is 7.05 Å². The molecule has 1 aromatic carbocycles. The molecule has 0 bridgehead atoms. The SMILES string of the molecule is Cc1ccc(CNC(=O)c2nn(C)c3c2CC(NCc2nc4ccccc4s2)CC3)o1. The van der Waals surface area contributed by atoms with Gasteiger partial charge in [0.25, 0.3) is 5.91 Å². The Morgan fingerprint density at radius 3 is 2.94 bits per heavy atom. The van der Waals surface area contributed by atoms with Gasteiger partial charge in [-0.05, 0) is 50.5 Å². The summed E-state index contributed by atoms with van der Waals surface area (Å²) in [7, 11) is 1.92. The Hall–Kier alpha value is -2.97. The topological polar surface area (TPSA) is 85.0 Å². The van der Waals surface area contributed by atoms with E-state index < -0.39 is 0 Å². The second-order valence-electron chi connectivity index (χ2n) is 7.99. The number of hydrogen-bond donors (Lipinski definition) is 2. The number of rotatable bonds is 6. The molecule has 0 aliphatic heterocycles. The largest absolute Gasteiger partial charge is 0.465 e. The Bertz CT molecular complexity index is 1210. The molecular weight excluding hydrogens is 410 g/mol. The van der Waals surface area contributed by atoms with Crippen molar-refractivity contribution in [2.45, 2.75) is 45.3 Å². The van der Waals surface area contributed by atoms with Crippen LogP contribution in [-0.4, -0.2) is 26.7 Å². The van der Waals surface area contributed by atoms with E-state index in [1.807, 2.05) is 49.0 Å². The van der Waals surface area contributed by atoms with Crippen LogP contribution in [0, 0.1) is 6.92 Å². The molecule has 4 aromatic rings. The monoisotopic (exact) mass is 435 g/mol. The number of benzene rings is 1. The van der Waals surface area contributed by atoms with E-state index in [-0.39, 0.29) is 5.91 Å². The highest BCUT2D eigenvalue weighted by molar-refractivity contribution is 7.18. The summed E-state index contributed by atoms with van der Waals surface area (Å²) in [5.41, 5.74) is 3.76. The summed E-state index contributed by atoms with van der Waals surface area (Å²) < 4.78 is 8.61. The number of amides is 1. The number of aryl methyl sites for hydroxylation is 2. The number of fused-ring (bicyclic) bond motifs is 2. The molecule has 3 aromatic heterocycles. The van der Waals surface area contributed by atoms with Gasteiger partial charge in [0.15, 0.2) is 5.69 Å². The predicted octanol–water partition coefficient (Wildman–Crippen LogP) is 3.51. The Labute approximate surface area is 184 Å². The first-order valence-electron chi connectivity index (χ1n) is 10.5. The molecule has 5 rings (SSSR count). The zero-order valence-electron chi connectivity index (χ0n) is 17.6. The molecule has 1 amide bonds. The number of furan rings is 1. The van der Waals surface area contributed by atoms with Gasteiger partial charge in [-0.15, -0.1) is 11.3 Å². The van der Waals surface area contributed by atoms with Gasteiger partial charge in [0.05, 0.1) is 16.8 Å². The van der Waals surface area contributed by atoms with Gasteiger partial charge in [-0.1, -0.05) is 12.1 Å². The van der Waals surface area contributed by atoms with Gasteiger partial charge >= 0.3 is 0 Å². The van der Waals surface area contributed by atoms with Crippen molar-refractivity contribution in [3.63, 3.8) is 0 Å². The maximum atomic E-state index is 12.8. The average Bonchev–Trinajstić information content (AvgIpc) is 3.47. The third kappa shape index (κ3) is 4.13. The molecule has 1 aliphatic rings. The third-order valence-corrected chi connectivity index (χ3v) is 6.81. The number of carbonyl (C=O) groups excluding carboxylic acids is 1. The van der Waals surface area contributed by atoms with E-state index in [4.69, 9.17) is 9.40 Å². The molecular formula is C23H25N5O2S. The van der Waals surface area contributed by atoms with Crippen LogP contribution < -0.4 is 10.6 Å².